The van der Waals surface area contributed by atoms with Crippen LogP contribution in [0.4, 0.5) is 0 Å². The summed E-state index contributed by atoms with van der Waals surface area (Å²) < 4.78 is 0. The predicted octanol–water partition coefficient (Wildman–Crippen LogP) is 3.99. The smallest absolute Gasteiger partial charge is 0.177 e. The summed E-state index contributed by atoms with van der Waals surface area (Å²) in [4.78, 5) is 24.5. The van der Waals surface area contributed by atoms with Gasteiger partial charge in [0.05, 0.1) is 11.5 Å². The van der Waals surface area contributed by atoms with Gasteiger partial charge in [0, 0.05) is 18.7 Å². The van der Waals surface area contributed by atoms with E-state index in [1.165, 1.54) is 35.7 Å². The number of carbonyl (C=O) groups is 2. The number of hydrogen-bond acceptors (Lipinski definition) is 3. The summed E-state index contributed by atoms with van der Waals surface area (Å²) in [6, 6.07) is 0. The maximum Gasteiger partial charge on any atom is 0.177 e. The molecule has 0 aliphatic heterocycles. The molecule has 132 valence electrons. The van der Waals surface area contributed by atoms with E-state index in [2.05, 4.69) is 37.8 Å². The average molecular weight is 350 g/mol. The highest BCUT2D eigenvalue weighted by Crippen LogP contribution is 2.73. The zero-order valence-electron chi connectivity index (χ0n) is 15.3. The third kappa shape index (κ3) is 3.47. The zero-order valence-corrected chi connectivity index (χ0v) is 16.0. The molecule has 2 N–H and O–H groups in total. The highest BCUT2D eigenvalue weighted by atomic mass is 35.5. The summed E-state index contributed by atoms with van der Waals surface area (Å²) in [5, 5.41) is 0. The fraction of sp³-hybridized carbons (Fsp3) is 0.500. The van der Waals surface area contributed by atoms with E-state index in [1.807, 2.05) is 19.1 Å². The molecule has 0 radical (unpaired) electrons. The van der Waals surface area contributed by atoms with Gasteiger partial charge in [-0.15, -0.1) is 11.6 Å². The molecule has 0 aromatic heterocycles. The monoisotopic (exact) mass is 349 g/mol. The van der Waals surface area contributed by atoms with Crippen molar-refractivity contribution in [2.75, 3.05) is 13.4 Å². The third-order valence-electron chi connectivity index (χ3n) is 4.77. The normalized spacial score (nSPS) is 18.5. The number of carbonyl (C=O) groups excluding carboxylic acids is 2. The SMILES string of the molecule is C=C(C(=O)CC(/C=C/C)CC)C(=O)C1C2=C3C(=C21)C3C.CCl.CN. The quantitative estimate of drug-likeness (QED) is 0.248. The van der Waals surface area contributed by atoms with Gasteiger partial charge >= 0.3 is 0 Å². The summed E-state index contributed by atoms with van der Waals surface area (Å²) >= 11 is 4.64. The summed E-state index contributed by atoms with van der Waals surface area (Å²) in [6.07, 6.45) is 6.76. The lowest BCUT2D eigenvalue weighted by Crippen LogP contribution is -2.16. The molecule has 0 saturated heterocycles. The van der Waals surface area contributed by atoms with Crippen LogP contribution in [0.15, 0.2) is 46.6 Å². The topological polar surface area (TPSA) is 60.2 Å². The van der Waals surface area contributed by atoms with Crippen molar-refractivity contribution in [2.24, 2.45) is 23.5 Å². The van der Waals surface area contributed by atoms with Gasteiger partial charge in [0.25, 0.3) is 0 Å². The number of nitrogens with two attached hydrogens (primary N) is 1. The Morgan fingerprint density at radius 3 is 2.12 bits per heavy atom. The zero-order chi connectivity index (χ0) is 18.6. The maximum absolute atomic E-state index is 12.3. The Kier molecular flexibility index (Phi) is 7.37. The summed E-state index contributed by atoms with van der Waals surface area (Å²) in [6.45, 7) is 9.92. The lowest BCUT2D eigenvalue weighted by Gasteiger charge is -2.09. The predicted molar refractivity (Wildman–Crippen MR) is 101 cm³/mol. The van der Waals surface area contributed by atoms with Crippen molar-refractivity contribution in [3.63, 3.8) is 0 Å². The molecule has 0 bridgehead atoms. The standard InChI is InChI=1S/C18H20O2.CH3Cl.CH5N/c1-5-7-11(6-2)8-12(19)9(3)18(20)17-15-13-10(4)14(13)16(15)17;2*1-2/h5,7,10-11,17H,3,6,8H2,1-2,4H3;1H3;2H2,1H3/b7-5+;;. The molecule has 0 aromatic carbocycles. The minimum absolute atomic E-state index is 0.0604. The van der Waals surface area contributed by atoms with Crippen LogP contribution in [0, 0.1) is 17.8 Å². The molecule has 2 saturated carbocycles. The molecule has 1 atom stereocenters. The number of Topliss-reactive ketones (excluding diaryl/α,β-unsaturated/α-hetero) is 2. The molecule has 4 heteroatoms. The first-order valence-corrected chi connectivity index (χ1v) is 9.11. The van der Waals surface area contributed by atoms with E-state index in [1.54, 1.807) is 0 Å². The Morgan fingerprint density at radius 2 is 1.71 bits per heavy atom. The van der Waals surface area contributed by atoms with Crippen molar-refractivity contribution in [1.82, 2.24) is 0 Å². The van der Waals surface area contributed by atoms with Crippen LogP contribution in [0.5, 0.6) is 0 Å². The Labute approximate surface area is 150 Å². The molecule has 3 nitrogen and oxygen atoms in total. The van der Waals surface area contributed by atoms with E-state index >= 15 is 0 Å². The second-order valence-corrected chi connectivity index (χ2v) is 5.97. The van der Waals surface area contributed by atoms with Gasteiger partial charge in [-0.05, 0) is 48.6 Å². The summed E-state index contributed by atoms with van der Waals surface area (Å²) in [5.74, 6) is 0.561. The van der Waals surface area contributed by atoms with Crippen LogP contribution in [0.25, 0.3) is 0 Å². The Bertz CT molecular complexity index is 614. The molecule has 0 spiro atoms. The van der Waals surface area contributed by atoms with Gasteiger partial charge in [-0.3, -0.25) is 9.59 Å². The molecular weight excluding hydrogens is 322 g/mol. The van der Waals surface area contributed by atoms with Gasteiger partial charge in [0.15, 0.2) is 11.6 Å². The highest BCUT2D eigenvalue weighted by molar-refractivity contribution is 6.25. The molecule has 3 rings (SSSR count). The van der Waals surface area contributed by atoms with Gasteiger partial charge in [0.1, 0.15) is 0 Å². The Morgan fingerprint density at radius 1 is 1.21 bits per heavy atom. The van der Waals surface area contributed by atoms with Crippen LogP contribution < -0.4 is 5.73 Å². The minimum Gasteiger partial charge on any atom is -0.333 e. The van der Waals surface area contributed by atoms with Crippen molar-refractivity contribution in [3.05, 3.63) is 46.6 Å². The molecule has 3 aliphatic carbocycles. The number of allylic oxidation sites excluding steroid dienone is 7. The highest BCUT2D eigenvalue weighted by Gasteiger charge is 2.64. The Hall–Kier alpha value is -1.45. The molecule has 0 amide bonds. The lowest BCUT2D eigenvalue weighted by molar-refractivity contribution is -0.122. The number of rotatable bonds is 7. The van der Waals surface area contributed by atoms with Crippen molar-refractivity contribution in [3.8, 4) is 0 Å². The van der Waals surface area contributed by atoms with Gasteiger partial charge in [-0.2, -0.15) is 0 Å². The molecule has 0 aromatic rings. The first-order chi connectivity index (χ1) is 11.5. The second-order valence-electron chi connectivity index (χ2n) is 5.97. The molecule has 24 heavy (non-hydrogen) atoms. The molecule has 0 heterocycles. The van der Waals surface area contributed by atoms with Crippen LogP contribution in [0.1, 0.15) is 33.6 Å². The molecule has 2 fully saturated rings. The molecular formula is C20H28ClNO2. The van der Waals surface area contributed by atoms with E-state index in [0.29, 0.717) is 12.3 Å². The van der Waals surface area contributed by atoms with E-state index < -0.39 is 0 Å². The molecule has 1 unspecified atom stereocenters. The largest absolute Gasteiger partial charge is 0.333 e. The number of alkyl halides is 1. The number of hydrogen-bond donors (Lipinski definition) is 1. The van der Waals surface area contributed by atoms with Crippen LogP contribution >= 0.6 is 11.6 Å². The minimum atomic E-state index is -0.0934. The van der Waals surface area contributed by atoms with Crippen molar-refractivity contribution < 1.29 is 9.59 Å². The van der Waals surface area contributed by atoms with E-state index in [0.717, 1.165) is 6.42 Å². The fourth-order valence-corrected chi connectivity index (χ4v) is 3.41. The van der Waals surface area contributed by atoms with E-state index in [4.69, 9.17) is 0 Å². The van der Waals surface area contributed by atoms with Crippen LogP contribution in [0.3, 0.4) is 0 Å². The van der Waals surface area contributed by atoms with E-state index in [9.17, 15) is 9.59 Å². The average Bonchev–Trinajstić information content (AvgIpc) is 3.41. The second kappa shape index (κ2) is 8.59. The first-order valence-electron chi connectivity index (χ1n) is 8.36. The van der Waals surface area contributed by atoms with Crippen LogP contribution in [-0.2, 0) is 9.59 Å². The van der Waals surface area contributed by atoms with Gasteiger partial charge in [0.2, 0.25) is 0 Å². The van der Waals surface area contributed by atoms with Gasteiger partial charge in [-0.25, -0.2) is 0 Å². The van der Waals surface area contributed by atoms with E-state index in [-0.39, 0.29) is 29.0 Å². The lowest BCUT2D eigenvalue weighted by atomic mass is 9.93. The fourth-order valence-electron chi connectivity index (χ4n) is 3.41. The van der Waals surface area contributed by atoms with Crippen LogP contribution in [0.2, 0.25) is 0 Å². The van der Waals surface area contributed by atoms with Crippen LogP contribution in [-0.4, -0.2) is 25.0 Å². The Balaban J connectivity index is 0.000000671. The van der Waals surface area contributed by atoms with Gasteiger partial charge < -0.3 is 5.73 Å². The van der Waals surface area contributed by atoms with Crippen molar-refractivity contribution in [2.45, 2.75) is 33.6 Å². The number of ketones is 2. The van der Waals surface area contributed by atoms with Crippen molar-refractivity contribution >= 4 is 23.2 Å². The maximum atomic E-state index is 12.3. The number of halogens is 1. The van der Waals surface area contributed by atoms with Crippen molar-refractivity contribution in [1.29, 1.82) is 0 Å². The number of fused-ring (bicyclic) bond motifs is 2. The summed E-state index contributed by atoms with van der Waals surface area (Å²) in [7, 11) is 1.50. The molecule has 3 aliphatic rings. The van der Waals surface area contributed by atoms with Gasteiger partial charge in [-0.1, -0.05) is 32.6 Å². The third-order valence-corrected chi connectivity index (χ3v) is 4.77. The summed E-state index contributed by atoms with van der Waals surface area (Å²) in [5.41, 5.74) is 9.93. The first kappa shape index (κ1) is 20.6.